The van der Waals surface area contributed by atoms with Crippen molar-refractivity contribution >= 4 is 23.3 Å². The number of para-hydroxylation sites is 1. The van der Waals surface area contributed by atoms with Crippen molar-refractivity contribution in [2.75, 3.05) is 6.54 Å². The van der Waals surface area contributed by atoms with Gasteiger partial charge in [0.15, 0.2) is 0 Å². The number of carbonyl (C=O) groups excluding carboxylic acids is 1. The van der Waals surface area contributed by atoms with Gasteiger partial charge in [0.25, 0.3) is 0 Å². The van der Waals surface area contributed by atoms with Gasteiger partial charge in [-0.2, -0.15) is 0 Å². The minimum atomic E-state index is -1.16. The second-order valence-corrected chi connectivity index (χ2v) is 10.4. The predicted octanol–water partition coefficient (Wildman–Crippen LogP) is 5.23. The summed E-state index contributed by atoms with van der Waals surface area (Å²) in [5.41, 5.74) is 3.17. The predicted molar refractivity (Wildman–Crippen MR) is 151 cm³/mol. The monoisotopic (exact) mass is 597 g/mol. The van der Waals surface area contributed by atoms with Gasteiger partial charge in [0.1, 0.15) is 6.04 Å². The van der Waals surface area contributed by atoms with E-state index in [0.717, 1.165) is 24.9 Å². The number of hydrogen-bond acceptors (Lipinski definition) is 6. The average molecular weight is 598 g/mol. The van der Waals surface area contributed by atoms with Gasteiger partial charge < -0.3 is 15.2 Å². The smallest absolute Gasteiger partial charge is 0.328 e. The fourth-order valence-corrected chi connectivity index (χ4v) is 5.37. The summed E-state index contributed by atoms with van der Waals surface area (Å²) in [6, 6.07) is 24.1. The number of carboxylic acids is 1. The van der Waals surface area contributed by atoms with Crippen LogP contribution in [0.5, 0.6) is 0 Å². The molecule has 1 aliphatic carbocycles. The van der Waals surface area contributed by atoms with E-state index in [0.29, 0.717) is 35.5 Å². The van der Waals surface area contributed by atoms with Crippen molar-refractivity contribution in [3.05, 3.63) is 117 Å². The van der Waals surface area contributed by atoms with Gasteiger partial charge in [-0.25, -0.2) is 4.79 Å². The SMILES string of the molecule is O=C([N-]c1ccccc1C(=N[C@H](C[C@H]1C[C@@H]1[N+](=O)[O-])C(=O)O)c1ccccc1)[C@H]1CCCN1Cc1ccccc1.[Ni]. The van der Waals surface area contributed by atoms with Crippen LogP contribution in [0.15, 0.2) is 89.9 Å². The molecule has 0 spiro atoms. The Morgan fingerprint density at radius 2 is 1.68 bits per heavy atom. The molecule has 0 bridgehead atoms. The van der Waals surface area contributed by atoms with Gasteiger partial charge in [-0.3, -0.25) is 20.0 Å². The van der Waals surface area contributed by atoms with E-state index in [9.17, 15) is 24.8 Å². The van der Waals surface area contributed by atoms with Crippen LogP contribution in [0.25, 0.3) is 5.32 Å². The fourth-order valence-electron chi connectivity index (χ4n) is 5.37. The van der Waals surface area contributed by atoms with Gasteiger partial charge in [-0.15, -0.1) is 5.69 Å². The van der Waals surface area contributed by atoms with Crippen LogP contribution < -0.4 is 0 Å². The molecule has 216 valence electrons. The van der Waals surface area contributed by atoms with Crippen molar-refractivity contribution in [3.63, 3.8) is 0 Å². The molecule has 0 unspecified atom stereocenters. The summed E-state index contributed by atoms with van der Waals surface area (Å²) >= 11 is 0. The minimum absolute atomic E-state index is 0. The molecule has 1 amide bonds. The molecule has 2 aliphatic rings. The van der Waals surface area contributed by atoms with E-state index in [1.54, 1.807) is 24.3 Å². The number of carboxylic acid groups (broad SMARTS) is 1. The number of nitrogens with zero attached hydrogens (tertiary/aromatic N) is 4. The van der Waals surface area contributed by atoms with Crippen molar-refractivity contribution in [3.8, 4) is 0 Å². The first kappa shape index (κ1) is 30.1. The summed E-state index contributed by atoms with van der Waals surface area (Å²) in [5, 5.41) is 25.7. The summed E-state index contributed by atoms with van der Waals surface area (Å²) < 4.78 is 0. The van der Waals surface area contributed by atoms with Crippen molar-refractivity contribution in [2.24, 2.45) is 10.9 Å². The third-order valence-corrected chi connectivity index (χ3v) is 7.57. The minimum Gasteiger partial charge on any atom is -0.625 e. The van der Waals surface area contributed by atoms with Crippen LogP contribution in [-0.2, 0) is 32.6 Å². The second kappa shape index (κ2) is 13.7. The van der Waals surface area contributed by atoms with E-state index in [4.69, 9.17) is 0 Å². The molecule has 9 nitrogen and oxygen atoms in total. The first-order chi connectivity index (χ1) is 19.4. The molecule has 1 saturated carbocycles. The molecule has 41 heavy (non-hydrogen) atoms. The summed E-state index contributed by atoms with van der Waals surface area (Å²) in [4.78, 5) is 43.3. The number of likely N-dealkylation sites (tertiary alicyclic amines) is 1. The molecule has 5 rings (SSSR count). The van der Waals surface area contributed by atoms with Gasteiger partial charge >= 0.3 is 5.97 Å². The van der Waals surface area contributed by atoms with Gasteiger partial charge in [-0.1, -0.05) is 84.9 Å². The molecule has 0 radical (unpaired) electrons. The number of amides is 1. The average Bonchev–Trinajstić information content (AvgIpc) is 3.59. The Bertz CT molecular complexity index is 1400. The molecular weight excluding hydrogens is 567 g/mol. The number of nitro groups is 1. The number of rotatable bonds is 11. The van der Waals surface area contributed by atoms with Crippen LogP contribution in [-0.4, -0.2) is 57.2 Å². The second-order valence-electron chi connectivity index (χ2n) is 10.4. The summed E-state index contributed by atoms with van der Waals surface area (Å²) in [5.74, 6) is -1.71. The molecule has 1 N–H and O–H groups in total. The van der Waals surface area contributed by atoms with E-state index in [1.807, 2.05) is 60.7 Å². The Kier molecular flexibility index (Phi) is 10.0. The largest absolute Gasteiger partial charge is 0.625 e. The molecule has 3 aromatic carbocycles. The van der Waals surface area contributed by atoms with Gasteiger partial charge in [0.05, 0.1) is 17.7 Å². The van der Waals surface area contributed by atoms with Crippen LogP contribution in [0, 0.1) is 16.0 Å². The summed E-state index contributed by atoms with van der Waals surface area (Å²) in [7, 11) is 0. The maximum absolute atomic E-state index is 13.5. The molecule has 1 aliphatic heterocycles. The molecule has 2 fully saturated rings. The van der Waals surface area contributed by atoms with E-state index in [-0.39, 0.29) is 45.7 Å². The summed E-state index contributed by atoms with van der Waals surface area (Å²) in [6.45, 7) is 1.48. The number of aliphatic imine (C=N–C) groups is 1. The van der Waals surface area contributed by atoms with Gasteiger partial charge in [0.2, 0.25) is 6.04 Å². The Labute approximate surface area is 248 Å². The van der Waals surface area contributed by atoms with Gasteiger partial charge in [0, 0.05) is 45.9 Å². The van der Waals surface area contributed by atoms with E-state index >= 15 is 0 Å². The zero-order valence-electron chi connectivity index (χ0n) is 22.3. The standard InChI is InChI=1S/C31H32N4O5.Ni/c36-30(27-16-9-17-34(27)20-21-10-3-1-4-11-21)33-25-15-8-7-14-24(25)29(22-12-5-2-6-13-22)32-26(31(37)38)18-23-19-28(23)35(39)40;/h1-8,10-15,23,26-28H,9,16-20H2,(H2,32,33,36,37,38);/p-1/t23-,26+,27+,28-;/m0./s1. The van der Waals surface area contributed by atoms with Crippen LogP contribution in [0.1, 0.15) is 42.4 Å². The van der Waals surface area contributed by atoms with Gasteiger partial charge in [-0.05, 0) is 36.9 Å². The molecule has 4 atom stereocenters. The van der Waals surface area contributed by atoms with Crippen LogP contribution in [0.2, 0.25) is 0 Å². The van der Waals surface area contributed by atoms with E-state index < -0.39 is 18.1 Å². The molecule has 0 aromatic heterocycles. The maximum Gasteiger partial charge on any atom is 0.328 e. The summed E-state index contributed by atoms with van der Waals surface area (Å²) in [6.07, 6.45) is 2.06. The fraction of sp³-hybridized carbons (Fsp3) is 0.323. The molecular formula is C31H31N4NiO5-. The third kappa shape index (κ3) is 7.45. The Balaban J connectivity index is 0.00000387. The molecule has 1 heterocycles. The molecule has 3 aromatic rings. The van der Waals surface area contributed by atoms with Crippen molar-refractivity contribution in [1.82, 2.24) is 4.90 Å². The normalized spacial score (nSPS) is 21.0. The van der Waals surface area contributed by atoms with Crippen LogP contribution >= 0.6 is 0 Å². The number of carbonyl (C=O) groups is 2. The Hall–Kier alpha value is -3.88. The van der Waals surface area contributed by atoms with Crippen molar-refractivity contribution < 1.29 is 36.1 Å². The van der Waals surface area contributed by atoms with Crippen molar-refractivity contribution in [1.29, 1.82) is 0 Å². The maximum atomic E-state index is 13.5. The Morgan fingerprint density at radius 3 is 2.34 bits per heavy atom. The van der Waals surface area contributed by atoms with Crippen LogP contribution in [0.3, 0.4) is 0 Å². The number of benzene rings is 3. The number of hydrogen-bond donors (Lipinski definition) is 1. The topological polar surface area (TPSA) is 127 Å². The quantitative estimate of drug-likeness (QED) is 0.140. The third-order valence-electron chi connectivity index (χ3n) is 7.57. The first-order valence-electron chi connectivity index (χ1n) is 13.5. The van der Waals surface area contributed by atoms with Crippen molar-refractivity contribution in [2.45, 2.75) is 50.4 Å². The Morgan fingerprint density at radius 1 is 1.02 bits per heavy atom. The first-order valence-corrected chi connectivity index (χ1v) is 13.5. The zero-order chi connectivity index (χ0) is 28.1. The number of aliphatic carboxylic acids is 1. The van der Waals surface area contributed by atoms with Crippen LogP contribution in [0.4, 0.5) is 5.69 Å². The molecule has 1 saturated heterocycles. The van der Waals surface area contributed by atoms with E-state index in [1.165, 1.54) is 0 Å². The van der Waals surface area contributed by atoms with E-state index in [2.05, 4.69) is 15.2 Å². The molecule has 10 heteroatoms. The zero-order valence-corrected chi connectivity index (χ0v) is 23.3.